The van der Waals surface area contributed by atoms with Crippen LogP contribution in [0.2, 0.25) is 0 Å². The molecule has 0 unspecified atom stereocenters. The number of amides is 2. The van der Waals surface area contributed by atoms with Crippen molar-refractivity contribution >= 4 is 44.9 Å². The number of rotatable bonds is 8. The van der Waals surface area contributed by atoms with E-state index in [9.17, 15) is 9.59 Å². The number of halogens is 1. The van der Waals surface area contributed by atoms with Crippen LogP contribution in [0.1, 0.15) is 25.0 Å². The van der Waals surface area contributed by atoms with E-state index >= 15 is 0 Å². The fraction of sp³-hybridized carbons (Fsp3) is 0.273. The quantitative estimate of drug-likeness (QED) is 0.470. The van der Waals surface area contributed by atoms with Crippen LogP contribution in [0.25, 0.3) is 6.08 Å². The third kappa shape index (κ3) is 5.22. The molecule has 1 heterocycles. The highest BCUT2D eigenvalue weighted by molar-refractivity contribution is 9.10. The van der Waals surface area contributed by atoms with Crippen LogP contribution in [0.15, 0.2) is 51.8 Å². The van der Waals surface area contributed by atoms with Crippen molar-refractivity contribution in [2.45, 2.75) is 20.3 Å². The van der Waals surface area contributed by atoms with Gasteiger partial charge in [0.15, 0.2) is 11.5 Å². The Balaban J connectivity index is 1.79. The maximum Gasteiger partial charge on any atom is 0.293 e. The Morgan fingerprint density at radius 3 is 2.48 bits per heavy atom. The molecule has 0 bridgehead atoms. The Labute approximate surface area is 183 Å². The van der Waals surface area contributed by atoms with Crippen LogP contribution >= 0.6 is 27.7 Å². The molecule has 1 aliphatic rings. The summed E-state index contributed by atoms with van der Waals surface area (Å²) in [6, 6.07) is 13.5. The number of thioether (sulfide) groups is 1. The lowest BCUT2D eigenvalue weighted by Crippen LogP contribution is -2.30. The van der Waals surface area contributed by atoms with Crippen LogP contribution in [0, 0.1) is 0 Å². The van der Waals surface area contributed by atoms with Gasteiger partial charge in [-0.3, -0.25) is 14.5 Å². The summed E-state index contributed by atoms with van der Waals surface area (Å²) in [7, 11) is 0. The number of benzene rings is 2. The van der Waals surface area contributed by atoms with Crippen molar-refractivity contribution in [2.24, 2.45) is 0 Å². The van der Waals surface area contributed by atoms with Crippen molar-refractivity contribution in [3.63, 3.8) is 0 Å². The molecule has 152 valence electrons. The van der Waals surface area contributed by atoms with Gasteiger partial charge >= 0.3 is 0 Å². The second-order valence-corrected chi connectivity index (χ2v) is 8.11. The summed E-state index contributed by atoms with van der Waals surface area (Å²) in [6.45, 7) is 5.17. The van der Waals surface area contributed by atoms with E-state index in [0.717, 1.165) is 27.4 Å². The second-order valence-electron chi connectivity index (χ2n) is 6.26. The Bertz CT molecular complexity index is 930. The summed E-state index contributed by atoms with van der Waals surface area (Å²) in [6.07, 6.45) is 2.35. The van der Waals surface area contributed by atoms with Crippen LogP contribution in [0.3, 0.4) is 0 Å². The third-order valence-corrected chi connectivity index (χ3v) is 5.76. The Morgan fingerprint density at radius 2 is 1.79 bits per heavy atom. The Hall–Kier alpha value is -2.25. The zero-order valence-electron chi connectivity index (χ0n) is 16.3. The normalized spacial score (nSPS) is 15.3. The van der Waals surface area contributed by atoms with Gasteiger partial charge in [-0.15, -0.1) is 0 Å². The van der Waals surface area contributed by atoms with Gasteiger partial charge in [-0.05, 0) is 77.3 Å². The summed E-state index contributed by atoms with van der Waals surface area (Å²) < 4.78 is 12.1. The van der Waals surface area contributed by atoms with Gasteiger partial charge in [-0.2, -0.15) is 0 Å². The van der Waals surface area contributed by atoms with Crippen molar-refractivity contribution in [1.82, 2.24) is 4.90 Å². The van der Waals surface area contributed by atoms with Gasteiger partial charge in [-0.1, -0.05) is 30.3 Å². The highest BCUT2D eigenvalue weighted by atomic mass is 79.9. The molecule has 0 atom stereocenters. The molecule has 1 saturated heterocycles. The van der Waals surface area contributed by atoms with E-state index in [1.54, 1.807) is 6.08 Å². The minimum atomic E-state index is -0.265. The first kappa shape index (κ1) is 21.5. The molecule has 0 saturated carbocycles. The van der Waals surface area contributed by atoms with Crippen LogP contribution in [0.4, 0.5) is 4.79 Å². The summed E-state index contributed by atoms with van der Waals surface area (Å²) in [4.78, 5) is 26.8. The molecule has 0 spiro atoms. The van der Waals surface area contributed by atoms with E-state index < -0.39 is 0 Å². The summed E-state index contributed by atoms with van der Waals surface area (Å²) in [5.74, 6) is 0.958. The lowest BCUT2D eigenvalue weighted by atomic mass is 10.1. The fourth-order valence-corrected chi connectivity index (χ4v) is 4.39. The van der Waals surface area contributed by atoms with Crippen LogP contribution in [0.5, 0.6) is 11.5 Å². The van der Waals surface area contributed by atoms with Gasteiger partial charge < -0.3 is 9.47 Å². The first-order valence-electron chi connectivity index (χ1n) is 9.42. The lowest BCUT2D eigenvalue weighted by molar-refractivity contribution is -0.122. The van der Waals surface area contributed by atoms with E-state index in [-0.39, 0.29) is 11.1 Å². The molecule has 0 radical (unpaired) electrons. The standard InChI is InChI=1S/C22H22BrNO4S/c1-3-27-18-13-16(12-17(23)20(18)28-4-2)14-19-21(25)24(22(26)29-19)11-10-15-8-6-5-7-9-15/h5-9,12-14H,3-4,10-11H2,1-2H3/b19-14-. The van der Waals surface area contributed by atoms with Gasteiger partial charge in [0.1, 0.15) is 0 Å². The number of ether oxygens (including phenoxy) is 2. The molecule has 1 aliphatic heterocycles. The van der Waals surface area contributed by atoms with Crippen LogP contribution < -0.4 is 9.47 Å². The summed E-state index contributed by atoms with van der Waals surface area (Å²) in [5.41, 5.74) is 1.85. The summed E-state index contributed by atoms with van der Waals surface area (Å²) in [5, 5.41) is -0.243. The van der Waals surface area contributed by atoms with Crippen molar-refractivity contribution in [3.05, 3.63) is 63.0 Å². The molecule has 3 rings (SSSR count). The number of imide groups is 1. The maximum absolute atomic E-state index is 12.8. The monoisotopic (exact) mass is 475 g/mol. The molecule has 7 heteroatoms. The van der Waals surface area contributed by atoms with E-state index in [2.05, 4.69) is 15.9 Å². The molecule has 5 nitrogen and oxygen atoms in total. The number of hydrogen-bond acceptors (Lipinski definition) is 5. The summed E-state index contributed by atoms with van der Waals surface area (Å²) >= 11 is 4.47. The topological polar surface area (TPSA) is 55.8 Å². The smallest absolute Gasteiger partial charge is 0.293 e. The van der Waals surface area contributed by atoms with Gasteiger partial charge in [0.05, 0.1) is 22.6 Å². The molecule has 2 aromatic carbocycles. The van der Waals surface area contributed by atoms with Crippen LogP contribution in [-0.4, -0.2) is 35.8 Å². The van der Waals surface area contributed by atoms with Gasteiger partial charge in [0, 0.05) is 6.54 Å². The molecule has 0 N–H and O–H groups in total. The molecule has 1 fully saturated rings. The minimum Gasteiger partial charge on any atom is -0.490 e. The number of hydrogen-bond donors (Lipinski definition) is 0. The van der Waals surface area contributed by atoms with E-state index in [1.165, 1.54) is 4.90 Å². The predicted octanol–water partition coefficient (Wildman–Crippen LogP) is 5.53. The number of carbonyl (C=O) groups is 2. The molecule has 2 amide bonds. The molecule has 2 aromatic rings. The zero-order valence-corrected chi connectivity index (χ0v) is 18.7. The number of carbonyl (C=O) groups excluding carboxylic acids is 2. The lowest BCUT2D eigenvalue weighted by Gasteiger charge is -2.14. The molecule has 29 heavy (non-hydrogen) atoms. The average Bonchev–Trinajstić information content (AvgIpc) is 2.97. The minimum absolute atomic E-state index is 0.243. The Kier molecular flexibility index (Phi) is 7.39. The van der Waals surface area contributed by atoms with E-state index in [1.807, 2.05) is 56.3 Å². The largest absolute Gasteiger partial charge is 0.490 e. The first-order chi connectivity index (χ1) is 14.0. The van der Waals surface area contributed by atoms with E-state index in [0.29, 0.717) is 42.6 Å². The van der Waals surface area contributed by atoms with Gasteiger partial charge in [0.2, 0.25) is 0 Å². The number of nitrogens with zero attached hydrogens (tertiary/aromatic N) is 1. The van der Waals surface area contributed by atoms with Crippen LogP contribution in [-0.2, 0) is 11.2 Å². The van der Waals surface area contributed by atoms with Crippen molar-refractivity contribution in [3.8, 4) is 11.5 Å². The molecular weight excluding hydrogens is 454 g/mol. The average molecular weight is 476 g/mol. The first-order valence-corrected chi connectivity index (χ1v) is 11.0. The molecular formula is C22H22BrNO4S. The van der Waals surface area contributed by atoms with Crippen molar-refractivity contribution in [1.29, 1.82) is 0 Å². The zero-order chi connectivity index (χ0) is 20.8. The third-order valence-electron chi connectivity index (χ3n) is 4.26. The predicted molar refractivity (Wildman–Crippen MR) is 119 cm³/mol. The second kappa shape index (κ2) is 9.98. The van der Waals surface area contributed by atoms with Crippen molar-refractivity contribution in [2.75, 3.05) is 19.8 Å². The fourth-order valence-electron chi connectivity index (χ4n) is 2.95. The van der Waals surface area contributed by atoms with Gasteiger partial charge in [0.25, 0.3) is 11.1 Å². The van der Waals surface area contributed by atoms with Gasteiger partial charge in [-0.25, -0.2) is 0 Å². The Morgan fingerprint density at radius 1 is 1.07 bits per heavy atom. The molecule has 0 aromatic heterocycles. The maximum atomic E-state index is 12.8. The molecule has 0 aliphatic carbocycles. The van der Waals surface area contributed by atoms with E-state index in [4.69, 9.17) is 9.47 Å². The van der Waals surface area contributed by atoms with Crippen molar-refractivity contribution < 1.29 is 19.1 Å². The highest BCUT2D eigenvalue weighted by Crippen LogP contribution is 2.39. The highest BCUT2D eigenvalue weighted by Gasteiger charge is 2.34. The SMILES string of the molecule is CCOc1cc(/C=C2\SC(=O)N(CCc3ccccc3)C2=O)cc(Br)c1OCC.